The van der Waals surface area contributed by atoms with E-state index in [-0.39, 0.29) is 29.6 Å². The van der Waals surface area contributed by atoms with Crippen molar-refractivity contribution < 1.29 is 9.59 Å². The molecule has 1 heterocycles. The molecule has 1 atom stereocenters. The first kappa shape index (κ1) is 21.2. The van der Waals surface area contributed by atoms with Crippen molar-refractivity contribution in [2.75, 3.05) is 33.2 Å². The summed E-state index contributed by atoms with van der Waals surface area (Å²) in [5.74, 6) is 0.718. The lowest BCUT2D eigenvalue weighted by molar-refractivity contribution is -0.133. The van der Waals surface area contributed by atoms with Gasteiger partial charge in [-0.1, -0.05) is 20.8 Å². The van der Waals surface area contributed by atoms with E-state index in [4.69, 9.17) is 0 Å². The molecule has 1 unspecified atom stereocenters. The highest BCUT2D eigenvalue weighted by molar-refractivity contribution is 5.85. The van der Waals surface area contributed by atoms with Crippen molar-refractivity contribution in [2.24, 2.45) is 11.3 Å². The number of rotatable bonds is 6. The fourth-order valence-corrected chi connectivity index (χ4v) is 2.53. The van der Waals surface area contributed by atoms with Crippen LogP contribution in [0.2, 0.25) is 0 Å². The van der Waals surface area contributed by atoms with Crippen molar-refractivity contribution in [2.45, 2.75) is 46.5 Å². The molecule has 0 aromatic heterocycles. The summed E-state index contributed by atoms with van der Waals surface area (Å²) in [6.07, 6.45) is 3.62. The SMILES string of the molecule is CNCCCC(=O)N1CCCC(CNC(=O)C(C)(C)C)C1.Cl. The molecule has 2 amide bonds. The average Bonchev–Trinajstić information content (AvgIpc) is 2.44. The van der Waals surface area contributed by atoms with Gasteiger partial charge in [-0.2, -0.15) is 0 Å². The monoisotopic (exact) mass is 333 g/mol. The van der Waals surface area contributed by atoms with Gasteiger partial charge in [0, 0.05) is 31.5 Å². The number of nitrogens with zero attached hydrogens (tertiary/aromatic N) is 1. The molecule has 5 nitrogen and oxygen atoms in total. The summed E-state index contributed by atoms with van der Waals surface area (Å²) in [7, 11) is 1.90. The summed E-state index contributed by atoms with van der Waals surface area (Å²) in [4.78, 5) is 26.0. The van der Waals surface area contributed by atoms with E-state index in [0.717, 1.165) is 38.9 Å². The van der Waals surface area contributed by atoms with Crippen LogP contribution in [0.1, 0.15) is 46.5 Å². The predicted octanol–water partition coefficient (Wildman–Crippen LogP) is 1.81. The first-order valence-corrected chi connectivity index (χ1v) is 8.05. The Kier molecular flexibility index (Phi) is 9.69. The summed E-state index contributed by atoms with van der Waals surface area (Å²) in [6.45, 7) is 8.95. The molecule has 1 saturated heterocycles. The molecule has 0 bridgehead atoms. The van der Waals surface area contributed by atoms with E-state index in [0.29, 0.717) is 18.9 Å². The lowest BCUT2D eigenvalue weighted by atomic mass is 9.94. The first-order chi connectivity index (χ1) is 9.84. The fourth-order valence-electron chi connectivity index (χ4n) is 2.53. The highest BCUT2D eigenvalue weighted by Gasteiger charge is 2.26. The van der Waals surface area contributed by atoms with Gasteiger partial charge in [0.05, 0.1) is 0 Å². The Bertz CT molecular complexity index is 356. The molecule has 130 valence electrons. The molecule has 0 aromatic rings. The van der Waals surface area contributed by atoms with Crippen LogP contribution in [-0.4, -0.2) is 49.9 Å². The molecular weight excluding hydrogens is 302 g/mol. The zero-order valence-electron chi connectivity index (χ0n) is 14.4. The smallest absolute Gasteiger partial charge is 0.225 e. The quantitative estimate of drug-likeness (QED) is 0.729. The first-order valence-electron chi connectivity index (χ1n) is 8.05. The molecule has 0 saturated carbocycles. The molecule has 1 aliphatic heterocycles. The number of piperidine rings is 1. The molecule has 1 aliphatic rings. The number of halogens is 1. The van der Waals surface area contributed by atoms with Crippen molar-refractivity contribution in [3.8, 4) is 0 Å². The number of hydrogen-bond acceptors (Lipinski definition) is 3. The summed E-state index contributed by atoms with van der Waals surface area (Å²) >= 11 is 0. The second-order valence-electron chi connectivity index (χ2n) is 7.02. The zero-order valence-corrected chi connectivity index (χ0v) is 15.2. The molecule has 1 rings (SSSR count). The van der Waals surface area contributed by atoms with Crippen LogP contribution >= 0.6 is 12.4 Å². The Hall–Kier alpha value is -0.810. The Balaban J connectivity index is 0.00000441. The number of hydrogen-bond donors (Lipinski definition) is 2. The van der Waals surface area contributed by atoms with Gasteiger partial charge in [0.25, 0.3) is 0 Å². The lowest BCUT2D eigenvalue weighted by Crippen LogP contribution is -2.45. The fraction of sp³-hybridized carbons (Fsp3) is 0.875. The second kappa shape index (κ2) is 10.1. The highest BCUT2D eigenvalue weighted by atomic mass is 35.5. The minimum absolute atomic E-state index is 0. The highest BCUT2D eigenvalue weighted by Crippen LogP contribution is 2.18. The van der Waals surface area contributed by atoms with Crippen LogP contribution in [0.25, 0.3) is 0 Å². The van der Waals surface area contributed by atoms with E-state index in [2.05, 4.69) is 10.6 Å². The van der Waals surface area contributed by atoms with Crippen LogP contribution < -0.4 is 10.6 Å². The molecule has 0 spiro atoms. The Morgan fingerprint density at radius 1 is 1.27 bits per heavy atom. The molecular formula is C16H32ClN3O2. The number of carbonyl (C=O) groups is 2. The van der Waals surface area contributed by atoms with Gasteiger partial charge in [0.1, 0.15) is 0 Å². The summed E-state index contributed by atoms with van der Waals surface area (Å²) < 4.78 is 0. The minimum Gasteiger partial charge on any atom is -0.355 e. The van der Waals surface area contributed by atoms with Gasteiger partial charge in [0.15, 0.2) is 0 Å². The van der Waals surface area contributed by atoms with Crippen LogP contribution in [0.4, 0.5) is 0 Å². The van der Waals surface area contributed by atoms with E-state index in [1.54, 1.807) is 0 Å². The zero-order chi connectivity index (χ0) is 15.9. The van der Waals surface area contributed by atoms with Gasteiger partial charge < -0.3 is 15.5 Å². The normalized spacial score (nSPS) is 18.5. The van der Waals surface area contributed by atoms with Crippen LogP contribution in [-0.2, 0) is 9.59 Å². The topological polar surface area (TPSA) is 61.4 Å². The number of nitrogens with one attached hydrogen (secondary N) is 2. The predicted molar refractivity (Wildman–Crippen MR) is 92.2 cm³/mol. The molecule has 0 aromatic carbocycles. The second-order valence-corrected chi connectivity index (χ2v) is 7.02. The summed E-state index contributed by atoms with van der Waals surface area (Å²) in [5.41, 5.74) is -0.350. The van der Waals surface area contributed by atoms with Gasteiger partial charge in [0.2, 0.25) is 11.8 Å². The van der Waals surface area contributed by atoms with E-state index in [9.17, 15) is 9.59 Å². The van der Waals surface area contributed by atoms with Crippen molar-refractivity contribution >= 4 is 24.2 Å². The molecule has 6 heteroatoms. The van der Waals surface area contributed by atoms with E-state index in [1.165, 1.54) is 0 Å². The van der Waals surface area contributed by atoms with Crippen LogP contribution in [0.15, 0.2) is 0 Å². The molecule has 1 fully saturated rings. The van der Waals surface area contributed by atoms with E-state index >= 15 is 0 Å². The third-order valence-corrected chi connectivity index (χ3v) is 3.92. The number of likely N-dealkylation sites (tertiary alicyclic amines) is 1. The van der Waals surface area contributed by atoms with Gasteiger partial charge in [-0.05, 0) is 38.8 Å². The number of carbonyl (C=O) groups excluding carboxylic acids is 2. The Labute approximate surface area is 141 Å². The number of amides is 2. The molecule has 0 radical (unpaired) electrons. The maximum atomic E-state index is 12.1. The lowest BCUT2D eigenvalue weighted by Gasteiger charge is -2.33. The van der Waals surface area contributed by atoms with Gasteiger partial charge >= 0.3 is 0 Å². The largest absolute Gasteiger partial charge is 0.355 e. The molecule has 22 heavy (non-hydrogen) atoms. The molecule has 2 N–H and O–H groups in total. The van der Waals surface area contributed by atoms with Crippen molar-refractivity contribution in [3.63, 3.8) is 0 Å². The maximum absolute atomic E-state index is 12.1. The van der Waals surface area contributed by atoms with Crippen molar-refractivity contribution in [1.82, 2.24) is 15.5 Å². The Morgan fingerprint density at radius 2 is 1.95 bits per heavy atom. The van der Waals surface area contributed by atoms with E-state index in [1.807, 2.05) is 32.7 Å². The standard InChI is InChI=1S/C16H31N3O2.ClH/c1-16(2,3)15(21)18-11-13-7-6-10-19(12-13)14(20)8-5-9-17-4;/h13,17H,5-12H2,1-4H3,(H,18,21);1H. The third-order valence-electron chi connectivity index (χ3n) is 3.92. The minimum atomic E-state index is -0.350. The van der Waals surface area contributed by atoms with Gasteiger partial charge in [-0.25, -0.2) is 0 Å². The Morgan fingerprint density at radius 3 is 2.55 bits per heavy atom. The average molecular weight is 334 g/mol. The summed E-state index contributed by atoms with van der Waals surface area (Å²) in [6, 6.07) is 0. The van der Waals surface area contributed by atoms with E-state index < -0.39 is 0 Å². The van der Waals surface area contributed by atoms with Crippen molar-refractivity contribution in [3.05, 3.63) is 0 Å². The van der Waals surface area contributed by atoms with Crippen LogP contribution in [0.5, 0.6) is 0 Å². The van der Waals surface area contributed by atoms with Crippen LogP contribution in [0, 0.1) is 11.3 Å². The maximum Gasteiger partial charge on any atom is 0.225 e. The molecule has 0 aliphatic carbocycles. The summed E-state index contributed by atoms with van der Waals surface area (Å²) in [5, 5.41) is 6.08. The van der Waals surface area contributed by atoms with Crippen molar-refractivity contribution in [1.29, 1.82) is 0 Å². The van der Waals surface area contributed by atoms with Gasteiger partial charge in [-0.15, -0.1) is 12.4 Å². The third kappa shape index (κ3) is 7.45. The van der Waals surface area contributed by atoms with Crippen LogP contribution in [0.3, 0.4) is 0 Å². The van der Waals surface area contributed by atoms with Gasteiger partial charge in [-0.3, -0.25) is 9.59 Å².